The summed E-state index contributed by atoms with van der Waals surface area (Å²) in [6.45, 7) is 7.05. The van der Waals surface area contributed by atoms with Crippen molar-refractivity contribution in [2.75, 3.05) is 26.3 Å². The van der Waals surface area contributed by atoms with Crippen LogP contribution in [-0.4, -0.2) is 40.7 Å². The molecule has 148 valence electrons. The summed E-state index contributed by atoms with van der Waals surface area (Å²) in [4.78, 5) is 13.4. The Morgan fingerprint density at radius 3 is 2.46 bits per heavy atom. The van der Waals surface area contributed by atoms with Crippen molar-refractivity contribution in [3.63, 3.8) is 0 Å². The van der Waals surface area contributed by atoms with Gasteiger partial charge in [-0.3, -0.25) is 15.0 Å². The highest BCUT2D eigenvalue weighted by Gasteiger charge is 2.22. The summed E-state index contributed by atoms with van der Waals surface area (Å²) in [6.07, 6.45) is 0. The van der Waals surface area contributed by atoms with E-state index in [1.165, 1.54) is 5.69 Å². The van der Waals surface area contributed by atoms with E-state index in [0.29, 0.717) is 0 Å². The largest absolute Gasteiger partial charge is 0.379 e. The van der Waals surface area contributed by atoms with Gasteiger partial charge >= 0.3 is 0 Å². The number of nitrogens with zero attached hydrogens (tertiary/aromatic N) is 3. The fraction of sp³-hybridized carbons (Fsp3) is 0.333. The number of morpholine rings is 1. The quantitative estimate of drug-likeness (QED) is 0.466. The first-order chi connectivity index (χ1) is 13.2. The van der Waals surface area contributed by atoms with Crippen LogP contribution in [0.2, 0.25) is 0 Å². The molecule has 7 heteroatoms. The molecule has 2 heterocycles. The Labute approximate surface area is 170 Å². The number of hydrogen-bond acceptors (Lipinski definition) is 4. The van der Waals surface area contributed by atoms with Gasteiger partial charge in [0.2, 0.25) is 0 Å². The van der Waals surface area contributed by atoms with Gasteiger partial charge in [0.25, 0.3) is 5.69 Å². The molecule has 0 radical (unpaired) electrons. The topological polar surface area (TPSA) is 60.5 Å². The number of aromatic nitrogens is 1. The molecule has 0 unspecified atom stereocenters. The molecule has 3 aromatic rings. The summed E-state index contributed by atoms with van der Waals surface area (Å²) in [5.74, 6) is 0. The number of nitro benzene ring substituents is 1. The Balaban J connectivity index is 0.00000225. The second kappa shape index (κ2) is 8.73. The van der Waals surface area contributed by atoms with Crippen molar-refractivity contribution in [2.45, 2.75) is 20.0 Å². The minimum absolute atomic E-state index is 0. The van der Waals surface area contributed by atoms with Crippen LogP contribution in [0.3, 0.4) is 0 Å². The smallest absolute Gasteiger partial charge is 0.270 e. The van der Waals surface area contributed by atoms with Gasteiger partial charge in [-0.2, -0.15) is 0 Å². The van der Waals surface area contributed by atoms with E-state index in [1.807, 2.05) is 24.3 Å². The summed E-state index contributed by atoms with van der Waals surface area (Å²) in [5, 5.41) is 12.3. The Kier molecular flexibility index (Phi) is 6.34. The molecule has 1 fully saturated rings. The molecule has 6 nitrogen and oxygen atoms in total. The maximum Gasteiger partial charge on any atom is 0.270 e. The molecule has 0 aliphatic carbocycles. The third-order valence-electron chi connectivity index (χ3n) is 5.22. The van der Waals surface area contributed by atoms with Gasteiger partial charge in [-0.05, 0) is 18.6 Å². The summed E-state index contributed by atoms with van der Waals surface area (Å²) in [6, 6.07) is 15.4. The molecule has 2 aromatic carbocycles. The monoisotopic (exact) mass is 401 g/mol. The van der Waals surface area contributed by atoms with E-state index in [1.54, 1.807) is 12.1 Å². The molecule has 1 saturated heterocycles. The standard InChI is InChI=1S/C21H23N3O3.ClH/c1-2-23-19-9-8-17(24(25)26)14-18(19)21(16-6-4-3-5-7-16)20(23)15-22-10-12-27-13-11-22;/h3-9,14H,2,10-13,15H2,1H3;1H. The summed E-state index contributed by atoms with van der Waals surface area (Å²) >= 11 is 0. The summed E-state index contributed by atoms with van der Waals surface area (Å²) in [7, 11) is 0. The van der Waals surface area contributed by atoms with Crippen LogP contribution >= 0.6 is 12.4 Å². The fourth-order valence-corrected chi connectivity index (χ4v) is 3.93. The van der Waals surface area contributed by atoms with E-state index < -0.39 is 0 Å². The van der Waals surface area contributed by atoms with Crippen molar-refractivity contribution in [3.05, 3.63) is 64.3 Å². The Morgan fingerprint density at radius 1 is 1.11 bits per heavy atom. The number of fused-ring (bicyclic) bond motifs is 1. The zero-order valence-electron chi connectivity index (χ0n) is 15.8. The zero-order chi connectivity index (χ0) is 18.8. The van der Waals surface area contributed by atoms with Crippen LogP contribution < -0.4 is 0 Å². The van der Waals surface area contributed by atoms with E-state index in [2.05, 4.69) is 28.5 Å². The lowest BCUT2D eigenvalue weighted by Crippen LogP contribution is -2.36. The van der Waals surface area contributed by atoms with Crippen LogP contribution in [0.4, 0.5) is 5.69 Å². The van der Waals surface area contributed by atoms with Gasteiger partial charge in [-0.15, -0.1) is 12.4 Å². The molecule has 1 aliphatic rings. The van der Waals surface area contributed by atoms with Crippen LogP contribution in [0.5, 0.6) is 0 Å². The minimum atomic E-state index is -0.320. The SMILES string of the molecule is CCn1c(CN2CCOCC2)c(-c2ccccc2)c2cc([N+](=O)[O-])ccc21.Cl. The Morgan fingerprint density at radius 2 is 1.82 bits per heavy atom. The van der Waals surface area contributed by atoms with E-state index in [-0.39, 0.29) is 23.0 Å². The maximum absolute atomic E-state index is 11.3. The lowest BCUT2D eigenvalue weighted by Gasteiger charge is -2.27. The van der Waals surface area contributed by atoms with Gasteiger partial charge in [0.15, 0.2) is 0 Å². The summed E-state index contributed by atoms with van der Waals surface area (Å²) < 4.78 is 7.77. The van der Waals surface area contributed by atoms with E-state index in [9.17, 15) is 10.1 Å². The number of ether oxygens (including phenoxy) is 1. The number of nitro groups is 1. The molecule has 0 spiro atoms. The molecule has 0 N–H and O–H groups in total. The van der Waals surface area contributed by atoms with Crippen molar-refractivity contribution < 1.29 is 9.66 Å². The lowest BCUT2D eigenvalue weighted by atomic mass is 10.0. The van der Waals surface area contributed by atoms with Gasteiger partial charge in [0.05, 0.1) is 18.1 Å². The third-order valence-corrected chi connectivity index (χ3v) is 5.22. The lowest BCUT2D eigenvalue weighted by molar-refractivity contribution is -0.384. The average Bonchev–Trinajstić information content (AvgIpc) is 3.01. The third kappa shape index (κ3) is 3.76. The normalized spacial score (nSPS) is 14.8. The number of aryl methyl sites for hydroxylation is 1. The number of rotatable bonds is 5. The van der Waals surface area contributed by atoms with Crippen LogP contribution in [0.1, 0.15) is 12.6 Å². The predicted molar refractivity (Wildman–Crippen MR) is 113 cm³/mol. The number of non-ortho nitro benzene ring substituents is 1. The van der Waals surface area contributed by atoms with Crippen molar-refractivity contribution >= 4 is 29.0 Å². The molecular formula is C21H24ClN3O3. The van der Waals surface area contributed by atoms with E-state index >= 15 is 0 Å². The van der Waals surface area contributed by atoms with Gasteiger partial charge in [0.1, 0.15) is 0 Å². The highest BCUT2D eigenvalue weighted by Crippen LogP contribution is 2.37. The van der Waals surface area contributed by atoms with Crippen molar-refractivity contribution in [1.82, 2.24) is 9.47 Å². The maximum atomic E-state index is 11.3. The van der Waals surface area contributed by atoms with Crippen molar-refractivity contribution in [2.24, 2.45) is 0 Å². The second-order valence-electron chi connectivity index (χ2n) is 6.78. The van der Waals surface area contributed by atoms with E-state index in [0.717, 1.165) is 61.4 Å². The highest BCUT2D eigenvalue weighted by molar-refractivity contribution is 5.99. The van der Waals surface area contributed by atoms with Crippen LogP contribution in [0.25, 0.3) is 22.0 Å². The van der Waals surface area contributed by atoms with Gasteiger partial charge < -0.3 is 9.30 Å². The average molecular weight is 402 g/mol. The second-order valence-corrected chi connectivity index (χ2v) is 6.78. The van der Waals surface area contributed by atoms with Crippen LogP contribution in [0.15, 0.2) is 48.5 Å². The fourth-order valence-electron chi connectivity index (χ4n) is 3.93. The number of hydrogen-bond donors (Lipinski definition) is 0. The predicted octanol–water partition coefficient (Wildman–Crippen LogP) is 4.49. The first kappa shape index (κ1) is 20.3. The molecule has 1 aliphatic heterocycles. The van der Waals surface area contributed by atoms with Gasteiger partial charge in [0, 0.05) is 60.5 Å². The molecule has 0 bridgehead atoms. The van der Waals surface area contributed by atoms with Crippen molar-refractivity contribution in [3.8, 4) is 11.1 Å². The first-order valence-corrected chi connectivity index (χ1v) is 9.34. The molecule has 0 amide bonds. The Bertz CT molecular complexity index is 966. The molecule has 1 aromatic heterocycles. The zero-order valence-corrected chi connectivity index (χ0v) is 16.7. The minimum Gasteiger partial charge on any atom is -0.379 e. The number of halogens is 1. The summed E-state index contributed by atoms with van der Waals surface area (Å²) in [5.41, 5.74) is 4.58. The molecule has 4 rings (SSSR count). The molecule has 0 atom stereocenters. The van der Waals surface area contributed by atoms with Crippen LogP contribution in [-0.2, 0) is 17.8 Å². The molecule has 0 saturated carbocycles. The van der Waals surface area contributed by atoms with Crippen LogP contribution in [0, 0.1) is 10.1 Å². The first-order valence-electron chi connectivity index (χ1n) is 9.34. The molecular weight excluding hydrogens is 378 g/mol. The Hall–Kier alpha value is -2.41. The molecule has 28 heavy (non-hydrogen) atoms. The van der Waals surface area contributed by atoms with Gasteiger partial charge in [-0.1, -0.05) is 30.3 Å². The number of benzene rings is 2. The van der Waals surface area contributed by atoms with E-state index in [4.69, 9.17) is 4.74 Å². The van der Waals surface area contributed by atoms with Gasteiger partial charge in [-0.25, -0.2) is 0 Å². The highest BCUT2D eigenvalue weighted by atomic mass is 35.5. The van der Waals surface area contributed by atoms with Crippen molar-refractivity contribution in [1.29, 1.82) is 0 Å².